The predicted octanol–water partition coefficient (Wildman–Crippen LogP) is 6.82. The minimum atomic E-state index is -0.177. The number of pyridine rings is 1. The van der Waals surface area contributed by atoms with E-state index in [-0.39, 0.29) is 12.1 Å². The van der Waals surface area contributed by atoms with Crippen molar-refractivity contribution in [3.63, 3.8) is 0 Å². The summed E-state index contributed by atoms with van der Waals surface area (Å²) in [6.07, 6.45) is 1.79. The number of benzene rings is 2. The Balaban J connectivity index is 1.56. The van der Waals surface area contributed by atoms with Gasteiger partial charge >= 0.3 is 0 Å². The number of nitrogens with one attached hydrogen (secondary N) is 1. The van der Waals surface area contributed by atoms with Crippen molar-refractivity contribution in [3.8, 4) is 11.3 Å². The highest BCUT2D eigenvalue weighted by Crippen LogP contribution is 2.42. The van der Waals surface area contributed by atoms with Crippen LogP contribution in [0.5, 0.6) is 0 Å². The molecule has 0 bridgehead atoms. The molecule has 1 fully saturated rings. The zero-order chi connectivity index (χ0) is 22.1. The maximum absolute atomic E-state index is 6.43. The van der Waals surface area contributed by atoms with Crippen LogP contribution in [0.3, 0.4) is 0 Å². The Morgan fingerprint density at radius 2 is 1.75 bits per heavy atom. The number of nitrogens with zero attached hydrogens (tertiary/aromatic N) is 2. The monoisotopic (exact) mass is 479 g/mol. The van der Waals surface area contributed by atoms with Crippen LogP contribution in [0, 0.1) is 0 Å². The molecule has 1 aliphatic heterocycles. The molecular formula is C25H19Cl2N3OS. The second-order valence-electron chi connectivity index (χ2n) is 7.54. The average molecular weight is 480 g/mol. The van der Waals surface area contributed by atoms with Crippen molar-refractivity contribution in [3.05, 3.63) is 112 Å². The summed E-state index contributed by atoms with van der Waals surface area (Å²) in [6.45, 7) is 0.647. The Morgan fingerprint density at radius 1 is 0.938 bits per heavy atom. The van der Waals surface area contributed by atoms with E-state index in [1.807, 2.05) is 60.7 Å². The van der Waals surface area contributed by atoms with E-state index in [1.54, 1.807) is 12.3 Å². The van der Waals surface area contributed by atoms with Gasteiger partial charge in [-0.05, 0) is 54.2 Å². The molecule has 2 aromatic heterocycles. The van der Waals surface area contributed by atoms with Gasteiger partial charge in [0.25, 0.3) is 0 Å². The van der Waals surface area contributed by atoms with Crippen LogP contribution in [0.4, 0.5) is 0 Å². The highest BCUT2D eigenvalue weighted by molar-refractivity contribution is 7.80. The molecule has 0 saturated carbocycles. The Hall–Kier alpha value is -2.86. The van der Waals surface area contributed by atoms with Crippen LogP contribution in [-0.4, -0.2) is 15.0 Å². The van der Waals surface area contributed by atoms with Gasteiger partial charge in [0.2, 0.25) is 0 Å². The van der Waals surface area contributed by atoms with Crippen molar-refractivity contribution in [1.82, 2.24) is 15.2 Å². The van der Waals surface area contributed by atoms with Gasteiger partial charge in [0, 0.05) is 18.3 Å². The summed E-state index contributed by atoms with van der Waals surface area (Å²) in [4.78, 5) is 6.72. The molecule has 1 saturated heterocycles. The van der Waals surface area contributed by atoms with E-state index in [0.29, 0.717) is 27.5 Å². The number of thiocarbonyl (C=S) groups is 1. The first kappa shape index (κ1) is 21.0. The van der Waals surface area contributed by atoms with E-state index < -0.39 is 0 Å². The van der Waals surface area contributed by atoms with Crippen LogP contribution < -0.4 is 5.32 Å². The SMILES string of the molecule is S=C1N[C@H](c2ccccn2)[C@H](c2ccc(-c3cccc(Cl)c3Cl)o2)N1Cc1ccccc1. The summed E-state index contributed by atoms with van der Waals surface area (Å²) in [7, 11) is 0. The van der Waals surface area contributed by atoms with Crippen LogP contribution in [0.2, 0.25) is 10.0 Å². The van der Waals surface area contributed by atoms with Crippen LogP contribution in [0.1, 0.15) is 29.1 Å². The molecular weight excluding hydrogens is 461 g/mol. The van der Waals surface area contributed by atoms with E-state index in [0.717, 1.165) is 22.6 Å². The Bertz CT molecular complexity index is 1250. The lowest BCUT2D eigenvalue weighted by molar-refractivity contribution is 0.269. The average Bonchev–Trinajstić information content (AvgIpc) is 3.42. The number of halogens is 2. The van der Waals surface area contributed by atoms with Crippen molar-refractivity contribution < 1.29 is 4.42 Å². The molecule has 0 spiro atoms. The normalized spacial score (nSPS) is 18.1. The van der Waals surface area contributed by atoms with Gasteiger partial charge in [0.05, 0.1) is 21.8 Å². The van der Waals surface area contributed by atoms with E-state index in [1.165, 1.54) is 0 Å². The Kier molecular flexibility index (Phi) is 5.87. The van der Waals surface area contributed by atoms with Crippen molar-refractivity contribution >= 4 is 40.5 Å². The zero-order valence-corrected chi connectivity index (χ0v) is 19.2. The maximum atomic E-state index is 6.43. The van der Waals surface area contributed by atoms with Crippen LogP contribution in [0.15, 0.2) is 89.5 Å². The summed E-state index contributed by atoms with van der Waals surface area (Å²) in [5.74, 6) is 1.43. The summed E-state index contributed by atoms with van der Waals surface area (Å²) >= 11 is 18.4. The number of furan rings is 1. The summed E-state index contributed by atoms with van der Waals surface area (Å²) in [5, 5.41) is 5.07. The third-order valence-corrected chi connectivity index (χ3v) is 6.70. The van der Waals surface area contributed by atoms with Crippen molar-refractivity contribution in [1.29, 1.82) is 0 Å². The smallest absolute Gasteiger partial charge is 0.170 e. The van der Waals surface area contributed by atoms with Crippen LogP contribution in [0.25, 0.3) is 11.3 Å². The topological polar surface area (TPSA) is 41.3 Å². The summed E-state index contributed by atoms with van der Waals surface area (Å²) < 4.78 is 6.35. The quantitative estimate of drug-likeness (QED) is 0.318. The van der Waals surface area contributed by atoms with Gasteiger partial charge in [0.15, 0.2) is 5.11 Å². The number of hydrogen-bond acceptors (Lipinski definition) is 3. The first-order valence-corrected chi connectivity index (χ1v) is 11.3. The van der Waals surface area contributed by atoms with E-state index in [9.17, 15) is 0 Å². The standard InChI is InChI=1S/C25H19Cl2N3OS/c26-18-10-6-9-17(22(18)27)20-12-13-21(31-20)24-23(19-11-4-5-14-28-19)29-25(32)30(24)15-16-7-2-1-3-8-16/h1-14,23-24H,15H2,(H,29,32)/t23-,24+/m1/s1. The molecule has 0 aliphatic carbocycles. The lowest BCUT2D eigenvalue weighted by atomic mass is 10.0. The lowest BCUT2D eigenvalue weighted by Crippen LogP contribution is -2.29. The minimum Gasteiger partial charge on any atom is -0.459 e. The molecule has 7 heteroatoms. The third kappa shape index (κ3) is 3.99. The molecule has 2 aromatic carbocycles. The molecule has 0 unspecified atom stereocenters. The van der Waals surface area contributed by atoms with Gasteiger partial charge < -0.3 is 14.6 Å². The Morgan fingerprint density at radius 3 is 2.53 bits per heavy atom. The second-order valence-corrected chi connectivity index (χ2v) is 8.72. The summed E-state index contributed by atoms with van der Waals surface area (Å²) in [5.41, 5.74) is 2.81. The highest BCUT2D eigenvalue weighted by Gasteiger charge is 2.41. The van der Waals surface area contributed by atoms with E-state index in [2.05, 4.69) is 27.3 Å². The number of aromatic nitrogens is 1. The molecule has 0 radical (unpaired) electrons. The zero-order valence-electron chi connectivity index (χ0n) is 16.9. The molecule has 32 heavy (non-hydrogen) atoms. The molecule has 1 aliphatic rings. The van der Waals surface area contributed by atoms with Gasteiger partial charge in [-0.2, -0.15) is 0 Å². The molecule has 1 N–H and O–H groups in total. The first-order valence-electron chi connectivity index (χ1n) is 10.2. The first-order chi connectivity index (χ1) is 15.6. The Labute approximate surface area is 201 Å². The fraction of sp³-hybridized carbons (Fsp3) is 0.120. The highest BCUT2D eigenvalue weighted by atomic mass is 35.5. The van der Waals surface area contributed by atoms with Crippen molar-refractivity contribution in [2.75, 3.05) is 0 Å². The lowest BCUT2D eigenvalue weighted by Gasteiger charge is -2.26. The molecule has 2 atom stereocenters. The fourth-order valence-electron chi connectivity index (χ4n) is 4.02. The molecule has 160 valence electrons. The second kappa shape index (κ2) is 8.94. The van der Waals surface area contributed by atoms with Crippen molar-refractivity contribution in [2.45, 2.75) is 18.6 Å². The summed E-state index contributed by atoms with van der Waals surface area (Å²) in [6, 6.07) is 25.2. The van der Waals surface area contributed by atoms with Gasteiger partial charge in [-0.25, -0.2) is 0 Å². The largest absolute Gasteiger partial charge is 0.459 e. The predicted molar refractivity (Wildman–Crippen MR) is 132 cm³/mol. The number of rotatable bonds is 5. The molecule has 3 heterocycles. The minimum absolute atomic E-state index is 0.152. The fourth-order valence-corrected chi connectivity index (χ4v) is 4.71. The van der Waals surface area contributed by atoms with Gasteiger partial charge in [-0.1, -0.05) is 65.7 Å². The molecule has 5 rings (SSSR count). The van der Waals surface area contributed by atoms with Crippen LogP contribution in [-0.2, 0) is 6.54 Å². The van der Waals surface area contributed by atoms with E-state index >= 15 is 0 Å². The maximum Gasteiger partial charge on any atom is 0.170 e. The third-order valence-electron chi connectivity index (χ3n) is 5.53. The van der Waals surface area contributed by atoms with Crippen molar-refractivity contribution in [2.24, 2.45) is 0 Å². The van der Waals surface area contributed by atoms with Gasteiger partial charge in [-0.15, -0.1) is 0 Å². The molecule has 4 aromatic rings. The number of hydrogen-bond donors (Lipinski definition) is 1. The van der Waals surface area contributed by atoms with Gasteiger partial charge in [-0.3, -0.25) is 4.98 Å². The molecule has 4 nitrogen and oxygen atoms in total. The van der Waals surface area contributed by atoms with E-state index in [4.69, 9.17) is 39.8 Å². The van der Waals surface area contributed by atoms with Gasteiger partial charge in [0.1, 0.15) is 17.6 Å². The molecule has 0 amide bonds. The van der Waals surface area contributed by atoms with Crippen LogP contribution >= 0.6 is 35.4 Å².